The van der Waals surface area contributed by atoms with E-state index in [4.69, 9.17) is 0 Å². The average Bonchev–Trinajstić information content (AvgIpc) is 3.09. The normalized spacial score (nSPS) is 11.0. The van der Waals surface area contributed by atoms with Crippen LogP contribution in [0.3, 0.4) is 0 Å². The first kappa shape index (κ1) is 16.6. The maximum Gasteiger partial charge on any atom is 0.352 e. The number of anilines is 2. The number of nitrogens with one attached hydrogen (secondary N) is 2. The Morgan fingerprint density at radius 3 is 2.37 bits per heavy atom. The fourth-order valence-corrected chi connectivity index (χ4v) is 2.99. The molecule has 0 atom stereocenters. The third kappa shape index (κ3) is 2.95. The minimum absolute atomic E-state index is 0.0357. The highest BCUT2D eigenvalue weighted by Crippen LogP contribution is 2.32. The van der Waals surface area contributed by atoms with Gasteiger partial charge in [0, 0.05) is 16.5 Å². The van der Waals surface area contributed by atoms with Crippen LogP contribution in [0.15, 0.2) is 48.5 Å². The minimum atomic E-state index is -1.08. The van der Waals surface area contributed by atoms with Gasteiger partial charge in [0.1, 0.15) is 11.5 Å². The summed E-state index contributed by atoms with van der Waals surface area (Å²) in [7, 11) is 0. The fourth-order valence-electron chi connectivity index (χ4n) is 2.99. The number of aromatic carboxylic acids is 2. The number of aryl methyl sites for hydroxylation is 1. The van der Waals surface area contributed by atoms with Crippen LogP contribution < -0.4 is 5.32 Å². The summed E-state index contributed by atoms with van der Waals surface area (Å²) in [4.78, 5) is 30.1. The van der Waals surface area contributed by atoms with Crippen LogP contribution in [0.4, 0.5) is 11.5 Å². The van der Waals surface area contributed by atoms with Crippen molar-refractivity contribution in [3.63, 3.8) is 0 Å². The number of H-pyrrole nitrogens is 1. The van der Waals surface area contributed by atoms with Crippen LogP contribution in [0.25, 0.3) is 21.8 Å². The van der Waals surface area contributed by atoms with Gasteiger partial charge in [0.25, 0.3) is 0 Å². The molecule has 0 unspecified atom stereocenters. The lowest BCUT2D eigenvalue weighted by Crippen LogP contribution is -1.98. The van der Waals surface area contributed by atoms with E-state index in [0.29, 0.717) is 27.6 Å². The largest absolute Gasteiger partial charge is 0.478 e. The number of aromatic nitrogens is 2. The van der Waals surface area contributed by atoms with Gasteiger partial charge >= 0.3 is 11.9 Å². The highest BCUT2D eigenvalue weighted by atomic mass is 16.4. The molecule has 0 aliphatic heterocycles. The Balaban J connectivity index is 1.96. The molecular formula is C20H15N3O4. The zero-order valence-electron chi connectivity index (χ0n) is 14.3. The topological polar surface area (TPSA) is 115 Å². The summed E-state index contributed by atoms with van der Waals surface area (Å²) in [5.74, 6) is -1.68. The molecule has 0 saturated carbocycles. The smallest absolute Gasteiger partial charge is 0.352 e. The summed E-state index contributed by atoms with van der Waals surface area (Å²) in [6, 6.07) is 13.8. The van der Waals surface area contributed by atoms with Crippen molar-refractivity contribution in [1.82, 2.24) is 9.97 Å². The number of carboxylic acid groups (broad SMARTS) is 2. The number of pyridine rings is 1. The van der Waals surface area contributed by atoms with Gasteiger partial charge < -0.3 is 20.5 Å². The lowest BCUT2D eigenvalue weighted by Gasteiger charge is -2.10. The number of aromatic amines is 1. The number of hydrogen-bond donors (Lipinski definition) is 4. The second-order valence-electron chi connectivity index (χ2n) is 6.27. The van der Waals surface area contributed by atoms with Gasteiger partial charge in [0.15, 0.2) is 0 Å². The summed E-state index contributed by atoms with van der Waals surface area (Å²) < 4.78 is 0. The molecule has 0 aliphatic carbocycles. The summed E-state index contributed by atoms with van der Waals surface area (Å²) >= 11 is 0. The molecular weight excluding hydrogens is 346 g/mol. The molecule has 2 aromatic heterocycles. The van der Waals surface area contributed by atoms with Crippen molar-refractivity contribution in [2.75, 3.05) is 5.32 Å². The van der Waals surface area contributed by atoms with Crippen LogP contribution in [-0.2, 0) is 0 Å². The highest BCUT2D eigenvalue weighted by molar-refractivity contribution is 6.12. The van der Waals surface area contributed by atoms with E-state index in [1.54, 1.807) is 6.07 Å². The van der Waals surface area contributed by atoms with Crippen LogP contribution in [-0.4, -0.2) is 32.1 Å². The van der Waals surface area contributed by atoms with Gasteiger partial charge in [-0.15, -0.1) is 0 Å². The lowest BCUT2D eigenvalue weighted by molar-refractivity contribution is 0.0683. The molecule has 0 radical (unpaired) electrons. The van der Waals surface area contributed by atoms with Crippen LogP contribution in [0.2, 0.25) is 0 Å². The van der Waals surface area contributed by atoms with E-state index in [1.807, 2.05) is 31.2 Å². The molecule has 0 fully saturated rings. The molecule has 0 spiro atoms. The van der Waals surface area contributed by atoms with E-state index in [-0.39, 0.29) is 11.3 Å². The van der Waals surface area contributed by atoms with E-state index in [0.717, 1.165) is 11.3 Å². The Bertz CT molecular complexity index is 1210. The third-order valence-electron chi connectivity index (χ3n) is 4.36. The molecule has 4 N–H and O–H groups in total. The van der Waals surface area contributed by atoms with Crippen LogP contribution in [0, 0.1) is 6.92 Å². The number of carbonyl (C=O) groups is 2. The Morgan fingerprint density at radius 1 is 0.963 bits per heavy atom. The quantitative estimate of drug-likeness (QED) is 0.434. The van der Waals surface area contributed by atoms with Gasteiger partial charge in [0.2, 0.25) is 0 Å². The molecule has 2 heterocycles. The number of hydrogen-bond acceptors (Lipinski definition) is 4. The molecule has 27 heavy (non-hydrogen) atoms. The number of fused-ring (bicyclic) bond motifs is 3. The van der Waals surface area contributed by atoms with Crippen LogP contribution in [0.1, 0.15) is 26.4 Å². The zero-order valence-corrected chi connectivity index (χ0v) is 14.3. The number of nitrogens with zero attached hydrogens (tertiary/aromatic N) is 1. The van der Waals surface area contributed by atoms with E-state index in [2.05, 4.69) is 15.3 Å². The zero-order chi connectivity index (χ0) is 19.1. The summed E-state index contributed by atoms with van der Waals surface area (Å²) in [6.45, 7) is 1.98. The van der Waals surface area contributed by atoms with Crippen molar-refractivity contribution in [2.45, 2.75) is 6.92 Å². The van der Waals surface area contributed by atoms with Crippen molar-refractivity contribution < 1.29 is 19.8 Å². The predicted octanol–water partition coefficient (Wildman–Crippen LogP) is 4.16. The van der Waals surface area contributed by atoms with Crippen molar-refractivity contribution in [1.29, 1.82) is 0 Å². The predicted molar refractivity (Wildman–Crippen MR) is 102 cm³/mol. The summed E-state index contributed by atoms with van der Waals surface area (Å²) in [5, 5.41) is 23.0. The first-order valence-electron chi connectivity index (χ1n) is 8.19. The number of carboxylic acids is 2. The van der Waals surface area contributed by atoms with Crippen LogP contribution >= 0.6 is 0 Å². The van der Waals surface area contributed by atoms with Gasteiger partial charge in [-0.05, 0) is 43.3 Å². The lowest BCUT2D eigenvalue weighted by atomic mass is 10.1. The van der Waals surface area contributed by atoms with Gasteiger partial charge in [-0.25, -0.2) is 14.6 Å². The standard InChI is InChI=1S/C20H15N3O4/c1-10-2-5-12(6-3-10)21-18-14-9-16(20(26)27)22-17(14)13-7-4-11(19(24)25)8-15(13)23-18/h2-9,22H,1H3,(H,21,23)(H,24,25)(H,26,27). The fraction of sp³-hybridized carbons (Fsp3) is 0.0500. The third-order valence-corrected chi connectivity index (χ3v) is 4.36. The average molecular weight is 361 g/mol. The molecule has 7 nitrogen and oxygen atoms in total. The Hall–Kier alpha value is -3.87. The Morgan fingerprint density at radius 2 is 1.70 bits per heavy atom. The monoisotopic (exact) mass is 361 g/mol. The Kier molecular flexibility index (Phi) is 3.77. The van der Waals surface area contributed by atoms with Gasteiger partial charge in [-0.3, -0.25) is 0 Å². The van der Waals surface area contributed by atoms with Crippen molar-refractivity contribution in [3.8, 4) is 0 Å². The second-order valence-corrected chi connectivity index (χ2v) is 6.27. The van der Waals surface area contributed by atoms with Crippen molar-refractivity contribution in [2.24, 2.45) is 0 Å². The Labute approximate surface area is 153 Å². The van der Waals surface area contributed by atoms with E-state index in [1.165, 1.54) is 18.2 Å². The maximum absolute atomic E-state index is 11.4. The van der Waals surface area contributed by atoms with E-state index >= 15 is 0 Å². The number of rotatable bonds is 4. The summed E-state index contributed by atoms with van der Waals surface area (Å²) in [5.41, 5.74) is 3.09. The highest BCUT2D eigenvalue weighted by Gasteiger charge is 2.16. The van der Waals surface area contributed by atoms with E-state index in [9.17, 15) is 19.8 Å². The molecule has 4 aromatic rings. The van der Waals surface area contributed by atoms with Crippen molar-refractivity contribution >= 4 is 45.2 Å². The molecule has 7 heteroatoms. The minimum Gasteiger partial charge on any atom is -0.478 e. The molecule has 2 aromatic carbocycles. The molecule has 0 aliphatic rings. The number of benzene rings is 2. The van der Waals surface area contributed by atoms with Gasteiger partial charge in [-0.2, -0.15) is 0 Å². The second kappa shape index (κ2) is 6.14. The van der Waals surface area contributed by atoms with Gasteiger partial charge in [-0.1, -0.05) is 17.7 Å². The maximum atomic E-state index is 11.4. The molecule has 0 saturated heterocycles. The first-order valence-corrected chi connectivity index (χ1v) is 8.19. The molecule has 0 amide bonds. The summed E-state index contributed by atoms with van der Waals surface area (Å²) in [6.07, 6.45) is 0. The molecule has 134 valence electrons. The van der Waals surface area contributed by atoms with Crippen LogP contribution in [0.5, 0.6) is 0 Å². The first-order chi connectivity index (χ1) is 12.9. The molecule has 0 bridgehead atoms. The van der Waals surface area contributed by atoms with Crippen molar-refractivity contribution in [3.05, 3.63) is 65.4 Å². The molecule has 4 rings (SSSR count). The van der Waals surface area contributed by atoms with Gasteiger partial charge in [0.05, 0.1) is 16.6 Å². The van der Waals surface area contributed by atoms with E-state index < -0.39 is 11.9 Å². The SMILES string of the molecule is Cc1ccc(Nc2nc3cc(C(=O)O)ccc3c3[nH]c(C(=O)O)cc23)cc1.